The summed E-state index contributed by atoms with van der Waals surface area (Å²) in [6.45, 7) is 2.10. The SMILES string of the molecule is CC(N)C(=O)NCc1cccnc1N(C)C. The Kier molecular flexibility index (Phi) is 4.25. The van der Waals surface area contributed by atoms with Crippen molar-refractivity contribution in [2.24, 2.45) is 5.73 Å². The molecule has 1 rings (SSSR count). The molecule has 0 aliphatic heterocycles. The van der Waals surface area contributed by atoms with Gasteiger partial charge >= 0.3 is 0 Å². The van der Waals surface area contributed by atoms with E-state index >= 15 is 0 Å². The first kappa shape index (κ1) is 12.4. The van der Waals surface area contributed by atoms with Gasteiger partial charge in [-0.15, -0.1) is 0 Å². The molecule has 5 heteroatoms. The van der Waals surface area contributed by atoms with Crippen LogP contribution in [0, 0.1) is 0 Å². The van der Waals surface area contributed by atoms with Crippen molar-refractivity contribution in [3.63, 3.8) is 0 Å². The molecule has 0 fully saturated rings. The lowest BCUT2D eigenvalue weighted by Gasteiger charge is -2.16. The topological polar surface area (TPSA) is 71.2 Å². The quantitative estimate of drug-likeness (QED) is 0.758. The van der Waals surface area contributed by atoms with Crippen molar-refractivity contribution in [2.75, 3.05) is 19.0 Å². The molecular weight excluding hydrogens is 204 g/mol. The van der Waals surface area contributed by atoms with Gasteiger partial charge in [-0.05, 0) is 13.0 Å². The minimum atomic E-state index is -0.487. The van der Waals surface area contributed by atoms with Crippen LogP contribution in [0.5, 0.6) is 0 Å². The summed E-state index contributed by atoms with van der Waals surface area (Å²) in [5.41, 5.74) is 6.43. The first-order valence-corrected chi connectivity index (χ1v) is 5.17. The molecule has 16 heavy (non-hydrogen) atoms. The van der Waals surface area contributed by atoms with Gasteiger partial charge in [0.15, 0.2) is 0 Å². The van der Waals surface area contributed by atoms with Gasteiger partial charge in [0, 0.05) is 32.4 Å². The number of carbonyl (C=O) groups is 1. The predicted molar refractivity (Wildman–Crippen MR) is 64.1 cm³/mol. The van der Waals surface area contributed by atoms with Gasteiger partial charge in [-0.2, -0.15) is 0 Å². The molecule has 0 aromatic carbocycles. The molecule has 0 aliphatic rings. The molecule has 1 amide bonds. The Labute approximate surface area is 95.7 Å². The first-order chi connectivity index (χ1) is 7.52. The number of aromatic nitrogens is 1. The second kappa shape index (κ2) is 5.46. The lowest BCUT2D eigenvalue weighted by molar-refractivity contribution is -0.122. The van der Waals surface area contributed by atoms with Crippen molar-refractivity contribution in [2.45, 2.75) is 19.5 Å². The number of nitrogens with two attached hydrogens (primary N) is 1. The second-order valence-electron chi connectivity index (χ2n) is 3.89. The van der Waals surface area contributed by atoms with Gasteiger partial charge in [-0.3, -0.25) is 4.79 Å². The zero-order valence-corrected chi connectivity index (χ0v) is 9.90. The molecule has 0 saturated heterocycles. The standard InChI is InChI=1S/C11H18N4O/c1-8(12)11(16)14-7-9-5-4-6-13-10(9)15(2)3/h4-6,8H,7,12H2,1-3H3,(H,14,16). The number of hydrogen-bond acceptors (Lipinski definition) is 4. The second-order valence-corrected chi connectivity index (χ2v) is 3.89. The Morgan fingerprint density at radius 1 is 1.62 bits per heavy atom. The summed E-state index contributed by atoms with van der Waals surface area (Å²) in [4.78, 5) is 17.5. The molecule has 0 saturated carbocycles. The molecule has 88 valence electrons. The maximum atomic E-state index is 11.3. The van der Waals surface area contributed by atoms with Crippen molar-refractivity contribution in [3.8, 4) is 0 Å². The Bertz CT molecular complexity index is 363. The van der Waals surface area contributed by atoms with Gasteiger partial charge in [0.1, 0.15) is 5.82 Å². The van der Waals surface area contributed by atoms with E-state index in [1.54, 1.807) is 13.1 Å². The van der Waals surface area contributed by atoms with Gasteiger partial charge in [0.2, 0.25) is 5.91 Å². The van der Waals surface area contributed by atoms with E-state index in [0.717, 1.165) is 11.4 Å². The van der Waals surface area contributed by atoms with E-state index in [1.807, 2.05) is 31.1 Å². The number of nitrogens with zero attached hydrogens (tertiary/aromatic N) is 2. The molecule has 0 bridgehead atoms. The summed E-state index contributed by atoms with van der Waals surface area (Å²) in [5, 5.41) is 2.76. The van der Waals surface area contributed by atoms with Crippen molar-refractivity contribution in [1.29, 1.82) is 0 Å². The molecule has 0 spiro atoms. The number of amides is 1. The third-order valence-corrected chi connectivity index (χ3v) is 2.16. The van der Waals surface area contributed by atoms with Crippen LogP contribution >= 0.6 is 0 Å². The highest BCUT2D eigenvalue weighted by molar-refractivity contribution is 5.81. The van der Waals surface area contributed by atoms with E-state index in [4.69, 9.17) is 5.73 Å². The van der Waals surface area contributed by atoms with Crippen LogP contribution in [0.2, 0.25) is 0 Å². The minimum Gasteiger partial charge on any atom is -0.362 e. The zero-order chi connectivity index (χ0) is 12.1. The van der Waals surface area contributed by atoms with Gasteiger partial charge in [-0.25, -0.2) is 4.98 Å². The predicted octanol–water partition coefficient (Wildman–Crippen LogP) is 0.111. The average molecular weight is 222 g/mol. The number of rotatable bonds is 4. The summed E-state index contributed by atoms with van der Waals surface area (Å²) >= 11 is 0. The molecule has 5 nitrogen and oxygen atoms in total. The van der Waals surface area contributed by atoms with Gasteiger partial charge in [0.25, 0.3) is 0 Å². The number of nitrogens with one attached hydrogen (secondary N) is 1. The Morgan fingerprint density at radius 3 is 2.88 bits per heavy atom. The Balaban J connectivity index is 2.70. The van der Waals surface area contributed by atoms with Crippen LogP contribution in [0.25, 0.3) is 0 Å². The number of anilines is 1. The minimum absolute atomic E-state index is 0.159. The van der Waals surface area contributed by atoms with Crippen LogP contribution in [-0.2, 0) is 11.3 Å². The molecule has 0 aliphatic carbocycles. The van der Waals surface area contributed by atoms with Gasteiger partial charge in [-0.1, -0.05) is 6.07 Å². The average Bonchev–Trinajstić information content (AvgIpc) is 2.25. The van der Waals surface area contributed by atoms with Crippen LogP contribution in [0.3, 0.4) is 0 Å². The summed E-state index contributed by atoms with van der Waals surface area (Å²) in [6, 6.07) is 3.30. The van der Waals surface area contributed by atoms with Crippen LogP contribution in [0.4, 0.5) is 5.82 Å². The maximum absolute atomic E-state index is 11.3. The first-order valence-electron chi connectivity index (χ1n) is 5.17. The maximum Gasteiger partial charge on any atom is 0.236 e. The zero-order valence-electron chi connectivity index (χ0n) is 9.90. The molecule has 1 atom stereocenters. The highest BCUT2D eigenvalue weighted by Gasteiger charge is 2.09. The third kappa shape index (κ3) is 3.20. The number of carbonyl (C=O) groups excluding carboxylic acids is 1. The lowest BCUT2D eigenvalue weighted by atomic mass is 10.2. The lowest BCUT2D eigenvalue weighted by Crippen LogP contribution is -2.38. The highest BCUT2D eigenvalue weighted by Crippen LogP contribution is 2.13. The largest absolute Gasteiger partial charge is 0.362 e. The molecule has 0 radical (unpaired) electrons. The van der Waals surface area contributed by atoms with E-state index in [-0.39, 0.29) is 5.91 Å². The fraction of sp³-hybridized carbons (Fsp3) is 0.455. The van der Waals surface area contributed by atoms with Crippen LogP contribution < -0.4 is 16.0 Å². The van der Waals surface area contributed by atoms with Crippen molar-refractivity contribution in [3.05, 3.63) is 23.9 Å². The number of pyridine rings is 1. The summed E-state index contributed by atoms with van der Waals surface area (Å²) in [7, 11) is 3.83. The van der Waals surface area contributed by atoms with Gasteiger partial charge in [0.05, 0.1) is 6.04 Å². The third-order valence-electron chi connectivity index (χ3n) is 2.16. The highest BCUT2D eigenvalue weighted by atomic mass is 16.2. The summed E-state index contributed by atoms with van der Waals surface area (Å²) in [5.74, 6) is 0.695. The Hall–Kier alpha value is -1.62. The van der Waals surface area contributed by atoms with E-state index in [0.29, 0.717) is 6.54 Å². The monoisotopic (exact) mass is 222 g/mol. The summed E-state index contributed by atoms with van der Waals surface area (Å²) in [6.07, 6.45) is 1.73. The van der Waals surface area contributed by atoms with Crippen LogP contribution in [-0.4, -0.2) is 31.0 Å². The molecule has 3 N–H and O–H groups in total. The van der Waals surface area contributed by atoms with Crippen LogP contribution in [0.15, 0.2) is 18.3 Å². The normalized spacial score (nSPS) is 12.0. The fourth-order valence-corrected chi connectivity index (χ4v) is 1.31. The van der Waals surface area contributed by atoms with Crippen molar-refractivity contribution < 1.29 is 4.79 Å². The molecule has 1 heterocycles. The Morgan fingerprint density at radius 2 is 2.31 bits per heavy atom. The van der Waals surface area contributed by atoms with Crippen molar-refractivity contribution in [1.82, 2.24) is 10.3 Å². The van der Waals surface area contributed by atoms with Crippen molar-refractivity contribution >= 4 is 11.7 Å². The van der Waals surface area contributed by atoms with Gasteiger partial charge < -0.3 is 16.0 Å². The number of hydrogen-bond donors (Lipinski definition) is 2. The summed E-state index contributed by atoms with van der Waals surface area (Å²) < 4.78 is 0. The molecular formula is C11H18N4O. The van der Waals surface area contributed by atoms with E-state index < -0.39 is 6.04 Å². The molecule has 1 unspecified atom stereocenters. The molecule has 1 aromatic rings. The van der Waals surface area contributed by atoms with E-state index in [9.17, 15) is 4.79 Å². The fourth-order valence-electron chi connectivity index (χ4n) is 1.31. The molecule has 1 aromatic heterocycles. The van der Waals surface area contributed by atoms with Crippen LogP contribution in [0.1, 0.15) is 12.5 Å². The van der Waals surface area contributed by atoms with E-state index in [2.05, 4.69) is 10.3 Å². The smallest absolute Gasteiger partial charge is 0.236 e. The van der Waals surface area contributed by atoms with E-state index in [1.165, 1.54) is 0 Å².